The molecule has 39 heavy (non-hydrogen) atoms. The number of ether oxygens (including phenoxy) is 2. The minimum atomic E-state index is -0.420. The first-order valence-electron chi connectivity index (χ1n) is 13.9. The Kier molecular flexibility index (Phi) is 5.08. The van der Waals surface area contributed by atoms with Gasteiger partial charge >= 0.3 is 0 Å². The molecular weight excluding hydrogens is 497 g/mol. The molecule has 0 bridgehead atoms. The maximum atomic E-state index is 14.7. The maximum absolute atomic E-state index is 14.7. The van der Waals surface area contributed by atoms with E-state index in [2.05, 4.69) is 56.3 Å². The lowest BCUT2D eigenvalue weighted by Crippen LogP contribution is -2.71. The van der Waals surface area contributed by atoms with E-state index in [9.17, 15) is 9.65 Å². The third-order valence-corrected chi connectivity index (χ3v) is 9.30. The van der Waals surface area contributed by atoms with Crippen molar-refractivity contribution in [3.63, 3.8) is 0 Å². The molecule has 0 radical (unpaired) electrons. The summed E-state index contributed by atoms with van der Waals surface area (Å²) in [7, 11) is 0. The Bertz CT molecular complexity index is 1500. The fourth-order valence-corrected chi connectivity index (χ4v) is 7.37. The predicted molar refractivity (Wildman–Crippen MR) is 143 cm³/mol. The van der Waals surface area contributed by atoms with Crippen molar-refractivity contribution in [3.05, 3.63) is 59.2 Å². The normalized spacial score (nSPS) is 26.8. The molecule has 2 aromatic heterocycles. The smallest absolute Gasteiger partial charge is 0.171 e. The number of halogens is 1. The number of fused-ring (bicyclic) bond motifs is 3. The number of pyridine rings is 1. The molecule has 2 spiro atoms. The van der Waals surface area contributed by atoms with E-state index < -0.39 is 5.82 Å². The number of rotatable bonds is 4. The first-order valence-corrected chi connectivity index (χ1v) is 13.9. The second kappa shape index (κ2) is 8.38. The molecule has 0 unspecified atom stereocenters. The molecule has 2 atom stereocenters. The molecule has 202 valence electrons. The lowest BCUT2D eigenvalue weighted by atomic mass is 9.74. The fourth-order valence-electron chi connectivity index (χ4n) is 7.37. The summed E-state index contributed by atoms with van der Waals surface area (Å²) in [6.07, 6.45) is 1.16. The van der Waals surface area contributed by atoms with Crippen LogP contribution in [0.2, 0.25) is 0 Å². The largest absolute Gasteiger partial charge is 0.370 e. The van der Waals surface area contributed by atoms with Crippen LogP contribution in [-0.2, 0) is 21.7 Å². The monoisotopic (exact) mass is 529 g/mol. The highest BCUT2D eigenvalue weighted by atomic mass is 19.1. The van der Waals surface area contributed by atoms with Crippen LogP contribution < -0.4 is 15.1 Å². The van der Waals surface area contributed by atoms with Gasteiger partial charge in [-0.2, -0.15) is 10.4 Å². The van der Waals surface area contributed by atoms with Crippen LogP contribution in [0.25, 0.3) is 5.52 Å². The number of aromatic nitrogens is 2. The molecule has 4 fully saturated rings. The van der Waals surface area contributed by atoms with Gasteiger partial charge in [0.2, 0.25) is 0 Å². The zero-order valence-corrected chi connectivity index (χ0v) is 22.1. The zero-order valence-electron chi connectivity index (χ0n) is 22.1. The standard InChI is InChI=1S/C29H32FN7O2/c1-19-9-35(26-5-3-22(7-31)37-27(26)25(30)8-33-37)11-23(39-19)10-34-17-29(18-34)24-4-2-21(6-20(24)12-38-29)36-15-28(16-36)13-32-14-28/h2-6,8,19,23,32H,9-18H2,1H3/t19-,23+/m1/s1. The van der Waals surface area contributed by atoms with E-state index in [1.165, 1.54) is 27.5 Å². The Morgan fingerprint density at radius 2 is 1.97 bits per heavy atom. The summed E-state index contributed by atoms with van der Waals surface area (Å²) in [5.74, 6) is -0.420. The molecule has 0 saturated carbocycles. The molecule has 1 aromatic carbocycles. The average Bonchev–Trinajstić information content (AvgIpc) is 3.43. The summed E-state index contributed by atoms with van der Waals surface area (Å²) in [5.41, 5.74) is 5.67. The maximum Gasteiger partial charge on any atom is 0.171 e. The summed E-state index contributed by atoms with van der Waals surface area (Å²) in [6.45, 7) is 11.1. The Morgan fingerprint density at radius 1 is 1.13 bits per heavy atom. The third-order valence-electron chi connectivity index (χ3n) is 9.30. The van der Waals surface area contributed by atoms with E-state index in [-0.39, 0.29) is 17.8 Å². The van der Waals surface area contributed by atoms with Gasteiger partial charge in [0.05, 0.1) is 30.7 Å². The number of hydrogen-bond donors (Lipinski definition) is 1. The van der Waals surface area contributed by atoms with Crippen LogP contribution in [0.4, 0.5) is 15.8 Å². The van der Waals surface area contributed by atoms with Crippen LogP contribution in [0.5, 0.6) is 0 Å². The lowest BCUT2D eigenvalue weighted by Gasteiger charge is -2.57. The second-order valence-electron chi connectivity index (χ2n) is 12.2. The van der Waals surface area contributed by atoms with Crippen LogP contribution in [0, 0.1) is 22.6 Å². The molecule has 5 aliphatic rings. The number of nitriles is 1. The first kappa shape index (κ1) is 23.6. The van der Waals surface area contributed by atoms with Crippen molar-refractivity contribution < 1.29 is 13.9 Å². The van der Waals surface area contributed by atoms with Gasteiger partial charge in [-0.3, -0.25) is 4.90 Å². The minimum Gasteiger partial charge on any atom is -0.370 e. The molecule has 0 amide bonds. The number of hydrogen-bond acceptors (Lipinski definition) is 8. The lowest BCUT2D eigenvalue weighted by molar-refractivity contribution is -0.155. The molecule has 1 N–H and O–H groups in total. The van der Waals surface area contributed by atoms with E-state index in [1.807, 2.05) is 6.07 Å². The molecule has 3 aromatic rings. The van der Waals surface area contributed by atoms with Crippen molar-refractivity contribution in [2.45, 2.75) is 31.3 Å². The van der Waals surface area contributed by atoms with E-state index in [1.54, 1.807) is 6.07 Å². The minimum absolute atomic E-state index is 0.00102. The van der Waals surface area contributed by atoms with Gasteiger partial charge in [0, 0.05) is 70.0 Å². The van der Waals surface area contributed by atoms with E-state index in [4.69, 9.17) is 9.47 Å². The molecule has 10 heteroatoms. The highest BCUT2D eigenvalue weighted by molar-refractivity contribution is 5.74. The van der Waals surface area contributed by atoms with Crippen LogP contribution in [0.3, 0.4) is 0 Å². The summed E-state index contributed by atoms with van der Waals surface area (Å²) in [4.78, 5) is 7.06. The number of likely N-dealkylation sites (tertiary alicyclic amines) is 1. The molecule has 0 aliphatic carbocycles. The van der Waals surface area contributed by atoms with Gasteiger partial charge in [-0.25, -0.2) is 8.91 Å². The Labute approximate surface area is 226 Å². The Morgan fingerprint density at radius 3 is 2.74 bits per heavy atom. The topological polar surface area (TPSA) is 81.3 Å². The summed E-state index contributed by atoms with van der Waals surface area (Å²) < 4.78 is 28.8. The van der Waals surface area contributed by atoms with Gasteiger partial charge in [-0.15, -0.1) is 0 Å². The van der Waals surface area contributed by atoms with Crippen molar-refractivity contribution in [2.24, 2.45) is 5.41 Å². The highest BCUT2D eigenvalue weighted by Gasteiger charge is 2.51. The summed E-state index contributed by atoms with van der Waals surface area (Å²) >= 11 is 0. The Hall–Kier alpha value is -3.23. The van der Waals surface area contributed by atoms with Crippen LogP contribution in [0.15, 0.2) is 36.5 Å². The van der Waals surface area contributed by atoms with Crippen molar-refractivity contribution in [3.8, 4) is 6.07 Å². The average molecular weight is 530 g/mol. The van der Waals surface area contributed by atoms with Gasteiger partial charge in [0.15, 0.2) is 5.82 Å². The van der Waals surface area contributed by atoms with Gasteiger partial charge in [-0.05, 0) is 42.3 Å². The van der Waals surface area contributed by atoms with Crippen LogP contribution in [-0.4, -0.2) is 85.6 Å². The summed E-state index contributed by atoms with van der Waals surface area (Å²) in [6, 6.07) is 12.5. The van der Waals surface area contributed by atoms with Gasteiger partial charge in [-0.1, -0.05) is 6.07 Å². The molecular formula is C29H32FN7O2. The molecule has 5 aliphatic heterocycles. The van der Waals surface area contributed by atoms with Crippen molar-refractivity contribution in [1.82, 2.24) is 19.8 Å². The third kappa shape index (κ3) is 3.61. The highest BCUT2D eigenvalue weighted by Crippen LogP contribution is 2.46. The van der Waals surface area contributed by atoms with E-state index in [0.717, 1.165) is 51.5 Å². The van der Waals surface area contributed by atoms with Crippen LogP contribution >= 0.6 is 0 Å². The predicted octanol–water partition coefficient (Wildman–Crippen LogP) is 2.09. The van der Waals surface area contributed by atoms with Crippen LogP contribution in [0.1, 0.15) is 23.7 Å². The summed E-state index contributed by atoms with van der Waals surface area (Å²) in [5, 5.41) is 16.9. The molecule has 7 heterocycles. The molecule has 8 rings (SSSR count). The SMILES string of the molecule is C[C@@H]1CN(c2ccc(C#N)n3ncc(F)c23)C[C@H](CN2CC3(C2)OCc2cc(N4CC5(CNC5)C4)ccc23)O1. The zero-order chi connectivity index (χ0) is 26.4. The van der Waals surface area contributed by atoms with E-state index >= 15 is 0 Å². The van der Waals surface area contributed by atoms with Crippen molar-refractivity contribution in [2.75, 3.05) is 68.7 Å². The first-order chi connectivity index (χ1) is 18.9. The number of anilines is 2. The number of benzene rings is 1. The van der Waals surface area contributed by atoms with Crippen molar-refractivity contribution >= 4 is 16.9 Å². The number of nitrogens with one attached hydrogen (secondary N) is 1. The second-order valence-corrected chi connectivity index (χ2v) is 12.2. The number of nitrogens with zero attached hydrogens (tertiary/aromatic N) is 6. The van der Waals surface area contributed by atoms with E-state index in [0.29, 0.717) is 36.3 Å². The van der Waals surface area contributed by atoms with Gasteiger partial charge < -0.3 is 24.6 Å². The molecule has 4 saturated heterocycles. The fraction of sp³-hybridized carbons (Fsp3) is 0.517. The van der Waals surface area contributed by atoms with Crippen molar-refractivity contribution in [1.29, 1.82) is 5.26 Å². The van der Waals surface area contributed by atoms with Gasteiger partial charge in [0.1, 0.15) is 22.9 Å². The molecule has 9 nitrogen and oxygen atoms in total. The van der Waals surface area contributed by atoms with Gasteiger partial charge in [0.25, 0.3) is 0 Å². The number of morpholine rings is 1. The quantitative estimate of drug-likeness (QED) is 0.551. The Balaban J connectivity index is 0.942.